The topological polar surface area (TPSA) is 111 Å². The van der Waals surface area contributed by atoms with Gasteiger partial charge in [-0.2, -0.15) is 4.31 Å². The fourth-order valence-electron chi connectivity index (χ4n) is 2.82. The lowest BCUT2D eigenvalue weighted by molar-refractivity contribution is -0.125. The van der Waals surface area contributed by atoms with Gasteiger partial charge in [-0.15, -0.1) is 12.4 Å². The molecule has 1 atom stereocenters. The number of benzene rings is 1. The Kier molecular flexibility index (Phi) is 8.80. The number of ether oxygens (including phenoxy) is 2. The number of carbonyl (C=O) groups is 1. The van der Waals surface area contributed by atoms with E-state index in [2.05, 4.69) is 5.32 Å². The molecule has 0 saturated carbocycles. The Bertz CT molecular complexity index is 736. The zero-order chi connectivity index (χ0) is 19.3. The zero-order valence-electron chi connectivity index (χ0n) is 15.8. The van der Waals surface area contributed by atoms with Crippen LogP contribution in [-0.2, 0) is 14.8 Å². The average Bonchev–Trinajstić information content (AvgIpc) is 2.66. The summed E-state index contributed by atoms with van der Waals surface area (Å²) in [6.07, 6.45) is 1.13. The second-order valence-electron chi connectivity index (χ2n) is 6.34. The second-order valence-corrected chi connectivity index (χ2v) is 8.28. The number of halogens is 1. The number of piperidine rings is 1. The van der Waals surface area contributed by atoms with Gasteiger partial charge in [0.15, 0.2) is 11.5 Å². The average molecular weight is 422 g/mol. The Labute approximate surface area is 166 Å². The molecule has 0 radical (unpaired) electrons. The number of rotatable bonds is 7. The normalized spacial score (nSPS) is 16.9. The molecule has 0 aromatic heterocycles. The maximum atomic E-state index is 12.9. The summed E-state index contributed by atoms with van der Waals surface area (Å²) >= 11 is 0. The summed E-state index contributed by atoms with van der Waals surface area (Å²) in [7, 11) is -0.668. The molecule has 1 aromatic carbocycles. The lowest BCUT2D eigenvalue weighted by Crippen LogP contribution is -2.48. The highest BCUT2D eigenvalue weighted by Crippen LogP contribution is 2.31. The molecule has 154 valence electrons. The molecule has 0 bridgehead atoms. The molecule has 1 aliphatic heterocycles. The monoisotopic (exact) mass is 421 g/mol. The summed E-state index contributed by atoms with van der Waals surface area (Å²) in [6, 6.07) is 4.51. The number of methoxy groups -OCH3 is 2. The fraction of sp³-hybridized carbons (Fsp3) is 0.588. The zero-order valence-corrected chi connectivity index (χ0v) is 17.4. The minimum absolute atomic E-state index is 0. The van der Waals surface area contributed by atoms with E-state index in [4.69, 9.17) is 15.2 Å². The predicted molar refractivity (Wildman–Crippen MR) is 105 cm³/mol. The van der Waals surface area contributed by atoms with Crippen LogP contribution in [0.4, 0.5) is 0 Å². The van der Waals surface area contributed by atoms with Crippen LogP contribution in [0.5, 0.6) is 11.5 Å². The smallest absolute Gasteiger partial charge is 0.243 e. The highest BCUT2D eigenvalue weighted by atomic mass is 35.5. The number of sulfonamides is 1. The Balaban J connectivity index is 0.00000364. The lowest BCUT2D eigenvalue weighted by Gasteiger charge is -2.32. The van der Waals surface area contributed by atoms with Gasteiger partial charge in [0.05, 0.1) is 19.1 Å². The summed E-state index contributed by atoms with van der Waals surface area (Å²) < 4.78 is 37.5. The molecule has 0 spiro atoms. The van der Waals surface area contributed by atoms with Gasteiger partial charge >= 0.3 is 0 Å². The fourth-order valence-corrected chi connectivity index (χ4v) is 4.30. The molecule has 1 unspecified atom stereocenters. The van der Waals surface area contributed by atoms with E-state index in [1.165, 1.54) is 30.7 Å². The molecule has 1 amide bonds. The molecule has 1 fully saturated rings. The standard InChI is InChI=1S/C17H27N3O5S.ClH/c1-12(11-18)17(21)19-13-6-8-20(9-7-13)26(22,23)14-4-5-15(24-2)16(10-14)25-3;/h4-5,10,12-13H,6-9,11,18H2,1-3H3,(H,19,21);1H. The van der Waals surface area contributed by atoms with E-state index in [1.54, 1.807) is 13.0 Å². The van der Waals surface area contributed by atoms with E-state index in [9.17, 15) is 13.2 Å². The first kappa shape index (κ1) is 23.5. The van der Waals surface area contributed by atoms with Crippen molar-refractivity contribution in [2.75, 3.05) is 33.9 Å². The molecule has 27 heavy (non-hydrogen) atoms. The number of carbonyl (C=O) groups excluding carboxylic acids is 1. The Morgan fingerprint density at radius 3 is 2.37 bits per heavy atom. The van der Waals surface area contributed by atoms with E-state index >= 15 is 0 Å². The first-order chi connectivity index (χ1) is 12.3. The third kappa shape index (κ3) is 5.47. The Morgan fingerprint density at radius 2 is 1.85 bits per heavy atom. The quantitative estimate of drug-likeness (QED) is 0.679. The van der Waals surface area contributed by atoms with Crippen LogP contribution in [-0.4, -0.2) is 58.5 Å². The SMILES string of the molecule is COc1ccc(S(=O)(=O)N2CCC(NC(=O)C(C)CN)CC2)cc1OC.Cl. The highest BCUT2D eigenvalue weighted by molar-refractivity contribution is 7.89. The second kappa shape index (κ2) is 10.1. The molecule has 0 aliphatic carbocycles. The van der Waals surface area contributed by atoms with Crippen molar-refractivity contribution in [3.05, 3.63) is 18.2 Å². The van der Waals surface area contributed by atoms with Crippen LogP contribution in [0.3, 0.4) is 0 Å². The van der Waals surface area contributed by atoms with Gasteiger partial charge in [-0.25, -0.2) is 8.42 Å². The number of nitrogens with two attached hydrogens (primary N) is 1. The van der Waals surface area contributed by atoms with Crippen molar-refractivity contribution in [2.45, 2.75) is 30.7 Å². The van der Waals surface area contributed by atoms with Crippen LogP contribution in [0.2, 0.25) is 0 Å². The van der Waals surface area contributed by atoms with Gasteiger partial charge in [-0.05, 0) is 25.0 Å². The molecule has 8 nitrogen and oxygen atoms in total. The molecule has 3 N–H and O–H groups in total. The Morgan fingerprint density at radius 1 is 1.26 bits per heavy atom. The highest BCUT2D eigenvalue weighted by Gasteiger charge is 2.31. The lowest BCUT2D eigenvalue weighted by atomic mass is 10.1. The molecule has 2 rings (SSSR count). The number of nitrogens with one attached hydrogen (secondary N) is 1. The predicted octanol–water partition coefficient (Wildman–Crippen LogP) is 0.990. The molecule has 1 aromatic rings. The van der Waals surface area contributed by atoms with Crippen LogP contribution in [0.25, 0.3) is 0 Å². The Hall–Kier alpha value is -1.55. The first-order valence-electron chi connectivity index (χ1n) is 8.56. The van der Waals surface area contributed by atoms with Gasteiger partial charge in [-0.1, -0.05) is 6.92 Å². The number of hydrogen-bond donors (Lipinski definition) is 2. The van der Waals surface area contributed by atoms with Gasteiger partial charge < -0.3 is 20.5 Å². The summed E-state index contributed by atoms with van der Waals surface area (Å²) in [6.45, 7) is 2.75. The van der Waals surface area contributed by atoms with Crippen molar-refractivity contribution in [3.63, 3.8) is 0 Å². The van der Waals surface area contributed by atoms with E-state index in [1.807, 2.05) is 0 Å². The molecule has 1 saturated heterocycles. The van der Waals surface area contributed by atoms with Crippen LogP contribution in [0.1, 0.15) is 19.8 Å². The summed E-state index contributed by atoms with van der Waals surface area (Å²) in [5.74, 6) is 0.505. The van der Waals surface area contributed by atoms with Crippen molar-refractivity contribution in [1.29, 1.82) is 0 Å². The van der Waals surface area contributed by atoms with Crippen molar-refractivity contribution in [2.24, 2.45) is 11.7 Å². The van der Waals surface area contributed by atoms with Crippen molar-refractivity contribution < 1.29 is 22.7 Å². The first-order valence-corrected chi connectivity index (χ1v) is 10.00. The third-order valence-corrected chi connectivity index (χ3v) is 6.49. The molecule has 1 aliphatic rings. The van der Waals surface area contributed by atoms with Crippen LogP contribution in [0, 0.1) is 5.92 Å². The minimum Gasteiger partial charge on any atom is -0.493 e. The van der Waals surface area contributed by atoms with Crippen molar-refractivity contribution in [3.8, 4) is 11.5 Å². The molecule has 10 heteroatoms. The van der Waals surface area contributed by atoms with Gasteiger partial charge in [0.1, 0.15) is 0 Å². The van der Waals surface area contributed by atoms with Gasteiger partial charge in [0.25, 0.3) is 0 Å². The largest absolute Gasteiger partial charge is 0.493 e. The maximum Gasteiger partial charge on any atom is 0.243 e. The molecular formula is C17H28ClN3O5S. The van der Waals surface area contributed by atoms with E-state index < -0.39 is 10.0 Å². The van der Waals surface area contributed by atoms with Gasteiger partial charge in [0, 0.05) is 37.7 Å². The van der Waals surface area contributed by atoms with E-state index in [0.717, 1.165) is 0 Å². The van der Waals surface area contributed by atoms with E-state index in [-0.39, 0.29) is 35.2 Å². The molecular weight excluding hydrogens is 394 g/mol. The number of amides is 1. The van der Waals surface area contributed by atoms with Crippen molar-refractivity contribution >= 4 is 28.3 Å². The molecule has 1 heterocycles. The van der Waals surface area contributed by atoms with Gasteiger partial charge in [-0.3, -0.25) is 4.79 Å². The van der Waals surface area contributed by atoms with Crippen molar-refractivity contribution in [1.82, 2.24) is 9.62 Å². The van der Waals surface area contributed by atoms with Crippen LogP contribution < -0.4 is 20.5 Å². The summed E-state index contributed by atoms with van der Waals surface area (Å²) in [5, 5.41) is 2.94. The third-order valence-electron chi connectivity index (χ3n) is 4.59. The maximum absolute atomic E-state index is 12.9. The van der Waals surface area contributed by atoms with Gasteiger partial charge in [0.2, 0.25) is 15.9 Å². The summed E-state index contributed by atoms with van der Waals surface area (Å²) in [4.78, 5) is 12.1. The number of hydrogen-bond acceptors (Lipinski definition) is 6. The van der Waals surface area contributed by atoms with Crippen LogP contribution in [0.15, 0.2) is 23.1 Å². The minimum atomic E-state index is -3.63. The number of nitrogens with zero attached hydrogens (tertiary/aromatic N) is 1. The summed E-state index contributed by atoms with van der Waals surface area (Å²) in [5.41, 5.74) is 5.50. The van der Waals surface area contributed by atoms with E-state index in [0.29, 0.717) is 44.0 Å². The van der Waals surface area contributed by atoms with Crippen LogP contribution >= 0.6 is 12.4 Å².